The standard InChI is InChI=1S/C22H30N8O2/c1-14(2)30-22(25-13-26-30)18-12-29-9-10-32-19-11-15(6-7-16(19)21(29)28-18)27-17(20(24)31)5-3-4-8-23/h6-7,11-14,17,27H,3-5,8-10,23H2,1-2H3,(H2,24,31)/t17-/m0/s1. The van der Waals surface area contributed by atoms with Crippen LogP contribution in [-0.4, -0.2) is 49.4 Å². The van der Waals surface area contributed by atoms with Crippen LogP contribution in [-0.2, 0) is 11.3 Å². The summed E-state index contributed by atoms with van der Waals surface area (Å²) < 4.78 is 9.93. The van der Waals surface area contributed by atoms with Crippen LogP contribution in [0.25, 0.3) is 22.9 Å². The molecule has 0 unspecified atom stereocenters. The first kappa shape index (κ1) is 21.8. The van der Waals surface area contributed by atoms with Gasteiger partial charge in [0.15, 0.2) is 5.82 Å². The molecule has 3 aromatic rings. The van der Waals surface area contributed by atoms with Gasteiger partial charge in [-0.1, -0.05) is 0 Å². The monoisotopic (exact) mass is 438 g/mol. The van der Waals surface area contributed by atoms with E-state index in [1.165, 1.54) is 0 Å². The smallest absolute Gasteiger partial charge is 0.239 e. The Morgan fingerprint density at radius 2 is 2.12 bits per heavy atom. The van der Waals surface area contributed by atoms with Crippen molar-refractivity contribution in [1.82, 2.24) is 24.3 Å². The molecule has 0 spiro atoms. The summed E-state index contributed by atoms with van der Waals surface area (Å²) in [5.74, 6) is 1.88. The largest absolute Gasteiger partial charge is 0.491 e. The number of unbranched alkanes of at least 4 members (excludes halogenated alkanes) is 1. The molecular weight excluding hydrogens is 408 g/mol. The van der Waals surface area contributed by atoms with Gasteiger partial charge in [-0.15, -0.1) is 0 Å². The summed E-state index contributed by atoms with van der Waals surface area (Å²) in [6.45, 7) is 5.89. The van der Waals surface area contributed by atoms with E-state index < -0.39 is 6.04 Å². The van der Waals surface area contributed by atoms with Gasteiger partial charge in [0.05, 0.1) is 12.1 Å². The number of rotatable bonds is 9. The van der Waals surface area contributed by atoms with Crippen molar-refractivity contribution in [3.05, 3.63) is 30.7 Å². The second kappa shape index (κ2) is 9.39. The first-order valence-corrected chi connectivity index (χ1v) is 11.0. The summed E-state index contributed by atoms with van der Waals surface area (Å²) in [6.07, 6.45) is 5.86. The summed E-state index contributed by atoms with van der Waals surface area (Å²) in [6, 6.07) is 5.50. The van der Waals surface area contributed by atoms with Gasteiger partial charge in [0.1, 0.15) is 36.2 Å². The summed E-state index contributed by atoms with van der Waals surface area (Å²) in [5.41, 5.74) is 13.6. The summed E-state index contributed by atoms with van der Waals surface area (Å²) in [4.78, 5) is 21.1. The maximum atomic E-state index is 11.9. The molecule has 10 heteroatoms. The van der Waals surface area contributed by atoms with E-state index in [1.54, 1.807) is 6.33 Å². The highest BCUT2D eigenvalue weighted by Crippen LogP contribution is 2.36. The molecule has 2 aromatic heterocycles. The van der Waals surface area contributed by atoms with Gasteiger partial charge < -0.3 is 26.1 Å². The minimum atomic E-state index is -0.457. The number of benzene rings is 1. The van der Waals surface area contributed by atoms with Gasteiger partial charge in [0, 0.05) is 24.0 Å². The van der Waals surface area contributed by atoms with Crippen molar-refractivity contribution >= 4 is 11.6 Å². The van der Waals surface area contributed by atoms with E-state index in [2.05, 4.69) is 33.8 Å². The van der Waals surface area contributed by atoms with Crippen LogP contribution < -0.4 is 21.5 Å². The Balaban J connectivity index is 1.61. The predicted molar refractivity (Wildman–Crippen MR) is 122 cm³/mol. The Labute approximate surface area is 187 Å². The van der Waals surface area contributed by atoms with Crippen molar-refractivity contribution in [1.29, 1.82) is 0 Å². The molecule has 10 nitrogen and oxygen atoms in total. The number of ether oxygens (including phenoxy) is 1. The average Bonchev–Trinajstić information content (AvgIpc) is 3.37. The molecule has 5 N–H and O–H groups in total. The van der Waals surface area contributed by atoms with Gasteiger partial charge in [0.2, 0.25) is 5.91 Å². The Bertz CT molecular complexity index is 1090. The summed E-state index contributed by atoms with van der Waals surface area (Å²) in [5, 5.41) is 7.55. The summed E-state index contributed by atoms with van der Waals surface area (Å²) in [7, 11) is 0. The maximum absolute atomic E-state index is 11.9. The molecule has 1 aromatic carbocycles. The lowest BCUT2D eigenvalue weighted by molar-refractivity contribution is -0.118. The molecule has 1 atom stereocenters. The van der Waals surface area contributed by atoms with Crippen molar-refractivity contribution in [3.63, 3.8) is 0 Å². The van der Waals surface area contributed by atoms with Crippen LogP contribution in [0.1, 0.15) is 39.2 Å². The molecule has 0 saturated heterocycles. The van der Waals surface area contributed by atoms with Crippen molar-refractivity contribution in [2.45, 2.75) is 51.7 Å². The molecule has 0 aliphatic carbocycles. The molecular formula is C22H30N8O2. The second-order valence-corrected chi connectivity index (χ2v) is 8.21. The van der Waals surface area contributed by atoms with Crippen LogP contribution in [0.2, 0.25) is 0 Å². The average molecular weight is 439 g/mol. The van der Waals surface area contributed by atoms with Gasteiger partial charge in [0.25, 0.3) is 0 Å². The zero-order chi connectivity index (χ0) is 22.7. The van der Waals surface area contributed by atoms with E-state index in [0.29, 0.717) is 31.9 Å². The molecule has 170 valence electrons. The topological polar surface area (TPSA) is 139 Å². The Morgan fingerprint density at radius 3 is 2.88 bits per heavy atom. The lowest BCUT2D eigenvalue weighted by Crippen LogP contribution is -2.35. The molecule has 32 heavy (non-hydrogen) atoms. The molecule has 4 rings (SSSR count). The third-order valence-corrected chi connectivity index (χ3v) is 5.51. The number of carbonyl (C=O) groups excluding carboxylic acids is 1. The number of anilines is 1. The highest BCUT2D eigenvalue weighted by molar-refractivity contribution is 5.83. The normalized spacial score (nSPS) is 13.8. The Morgan fingerprint density at radius 1 is 1.28 bits per heavy atom. The van der Waals surface area contributed by atoms with Gasteiger partial charge in [-0.3, -0.25) is 4.79 Å². The number of nitrogens with one attached hydrogen (secondary N) is 1. The molecule has 0 fully saturated rings. The van der Waals surface area contributed by atoms with E-state index in [4.69, 9.17) is 21.2 Å². The molecule has 0 bridgehead atoms. The molecule has 1 amide bonds. The minimum absolute atomic E-state index is 0.182. The fourth-order valence-electron chi connectivity index (χ4n) is 3.87. The predicted octanol–water partition coefficient (Wildman–Crippen LogP) is 2.18. The molecule has 1 aliphatic heterocycles. The zero-order valence-corrected chi connectivity index (χ0v) is 18.5. The second-order valence-electron chi connectivity index (χ2n) is 8.21. The van der Waals surface area contributed by atoms with E-state index in [0.717, 1.165) is 41.4 Å². The van der Waals surface area contributed by atoms with Crippen LogP contribution in [0.4, 0.5) is 5.69 Å². The lowest BCUT2D eigenvalue weighted by atomic mass is 10.1. The third-order valence-electron chi connectivity index (χ3n) is 5.51. The number of primary amides is 1. The van der Waals surface area contributed by atoms with Gasteiger partial charge in [-0.05, 0) is 51.8 Å². The first-order chi connectivity index (χ1) is 15.5. The van der Waals surface area contributed by atoms with E-state index in [-0.39, 0.29) is 11.9 Å². The highest BCUT2D eigenvalue weighted by atomic mass is 16.5. The van der Waals surface area contributed by atoms with Gasteiger partial charge in [-0.2, -0.15) is 5.10 Å². The number of aromatic nitrogens is 5. The van der Waals surface area contributed by atoms with Crippen LogP contribution in [0.5, 0.6) is 5.75 Å². The van der Waals surface area contributed by atoms with Crippen molar-refractivity contribution in [3.8, 4) is 28.7 Å². The van der Waals surface area contributed by atoms with Crippen molar-refractivity contribution in [2.75, 3.05) is 18.5 Å². The van der Waals surface area contributed by atoms with Crippen LogP contribution >= 0.6 is 0 Å². The van der Waals surface area contributed by atoms with E-state index in [9.17, 15) is 4.79 Å². The summed E-state index contributed by atoms with van der Waals surface area (Å²) >= 11 is 0. The van der Waals surface area contributed by atoms with E-state index in [1.807, 2.05) is 29.1 Å². The lowest BCUT2D eigenvalue weighted by Gasteiger charge is -2.18. The minimum Gasteiger partial charge on any atom is -0.491 e. The fraction of sp³-hybridized carbons (Fsp3) is 0.455. The molecule has 1 aliphatic rings. The maximum Gasteiger partial charge on any atom is 0.239 e. The molecule has 0 radical (unpaired) electrons. The number of nitrogens with two attached hydrogens (primary N) is 2. The van der Waals surface area contributed by atoms with Crippen LogP contribution in [0, 0.1) is 0 Å². The molecule has 0 saturated carbocycles. The van der Waals surface area contributed by atoms with Crippen LogP contribution in [0.3, 0.4) is 0 Å². The SMILES string of the molecule is CC(C)n1ncnc1-c1cn2c(n1)-c1ccc(N[C@@H](CCCCN)C(N)=O)cc1OCC2. The number of hydrogen-bond donors (Lipinski definition) is 3. The number of imidazole rings is 1. The Kier molecular flexibility index (Phi) is 6.40. The highest BCUT2D eigenvalue weighted by Gasteiger charge is 2.22. The number of carbonyl (C=O) groups is 1. The number of amides is 1. The number of fused-ring (bicyclic) bond motifs is 3. The van der Waals surface area contributed by atoms with Crippen molar-refractivity contribution in [2.24, 2.45) is 11.5 Å². The fourth-order valence-corrected chi connectivity index (χ4v) is 3.87. The van der Waals surface area contributed by atoms with Crippen molar-refractivity contribution < 1.29 is 9.53 Å². The van der Waals surface area contributed by atoms with E-state index >= 15 is 0 Å². The quantitative estimate of drug-likeness (QED) is 0.435. The Hall–Kier alpha value is -3.40. The number of hydrogen-bond acceptors (Lipinski definition) is 7. The third kappa shape index (κ3) is 4.45. The van der Waals surface area contributed by atoms with Crippen LogP contribution in [0.15, 0.2) is 30.7 Å². The first-order valence-electron chi connectivity index (χ1n) is 11.0. The zero-order valence-electron chi connectivity index (χ0n) is 18.5. The van der Waals surface area contributed by atoms with Gasteiger partial charge >= 0.3 is 0 Å². The number of nitrogens with zero attached hydrogens (tertiary/aromatic N) is 5. The van der Waals surface area contributed by atoms with Gasteiger partial charge in [-0.25, -0.2) is 14.6 Å². The molecule has 3 heterocycles.